The molecule has 3 nitrogen and oxygen atoms in total. The second-order valence-corrected chi connectivity index (χ2v) is 4.74. The lowest BCUT2D eigenvalue weighted by Crippen LogP contribution is -2.12. The highest BCUT2D eigenvalue weighted by Gasteiger charge is 1.97. The van der Waals surface area contributed by atoms with Gasteiger partial charge in [0.05, 0.1) is 6.61 Å². The van der Waals surface area contributed by atoms with Gasteiger partial charge in [-0.1, -0.05) is 32.9 Å². The van der Waals surface area contributed by atoms with Crippen LogP contribution in [0.3, 0.4) is 0 Å². The zero-order valence-corrected chi connectivity index (χ0v) is 11.7. The first kappa shape index (κ1) is 15.0. The second-order valence-electron chi connectivity index (χ2n) is 4.74. The highest BCUT2D eigenvalue weighted by Crippen LogP contribution is 2.11. The SMILES string of the molecule is CCNCc1ccc(OCCOCC(C)C)cc1. The van der Waals surface area contributed by atoms with Gasteiger partial charge in [-0.05, 0) is 30.2 Å². The van der Waals surface area contributed by atoms with Gasteiger partial charge in [-0.15, -0.1) is 0 Å². The van der Waals surface area contributed by atoms with Crippen LogP contribution in [-0.4, -0.2) is 26.4 Å². The molecule has 0 saturated heterocycles. The van der Waals surface area contributed by atoms with Crippen molar-refractivity contribution in [3.05, 3.63) is 29.8 Å². The van der Waals surface area contributed by atoms with Gasteiger partial charge >= 0.3 is 0 Å². The third-order valence-corrected chi connectivity index (χ3v) is 2.45. The average Bonchev–Trinajstić information content (AvgIpc) is 2.37. The van der Waals surface area contributed by atoms with Crippen LogP contribution in [0.5, 0.6) is 5.75 Å². The van der Waals surface area contributed by atoms with Crippen LogP contribution < -0.4 is 10.1 Å². The van der Waals surface area contributed by atoms with Gasteiger partial charge in [0.25, 0.3) is 0 Å². The van der Waals surface area contributed by atoms with Crippen molar-refractivity contribution >= 4 is 0 Å². The summed E-state index contributed by atoms with van der Waals surface area (Å²) in [5, 5.41) is 3.29. The van der Waals surface area contributed by atoms with E-state index in [9.17, 15) is 0 Å². The van der Waals surface area contributed by atoms with E-state index in [0.29, 0.717) is 19.1 Å². The first-order valence-corrected chi connectivity index (χ1v) is 6.72. The molecule has 0 spiro atoms. The van der Waals surface area contributed by atoms with Crippen LogP contribution in [0.1, 0.15) is 26.3 Å². The van der Waals surface area contributed by atoms with E-state index in [1.807, 2.05) is 12.1 Å². The smallest absolute Gasteiger partial charge is 0.119 e. The third-order valence-electron chi connectivity index (χ3n) is 2.45. The molecule has 1 aromatic carbocycles. The number of benzene rings is 1. The maximum atomic E-state index is 5.60. The lowest BCUT2D eigenvalue weighted by molar-refractivity contribution is 0.0819. The maximum absolute atomic E-state index is 5.60. The number of hydrogen-bond acceptors (Lipinski definition) is 3. The van der Waals surface area contributed by atoms with E-state index in [0.717, 1.165) is 25.4 Å². The molecule has 3 heteroatoms. The summed E-state index contributed by atoms with van der Waals surface area (Å²) < 4.78 is 11.1. The summed E-state index contributed by atoms with van der Waals surface area (Å²) in [4.78, 5) is 0. The van der Waals surface area contributed by atoms with Gasteiger partial charge in [-0.3, -0.25) is 0 Å². The molecule has 0 heterocycles. The van der Waals surface area contributed by atoms with Crippen molar-refractivity contribution in [2.45, 2.75) is 27.3 Å². The van der Waals surface area contributed by atoms with Crippen LogP contribution in [0.25, 0.3) is 0 Å². The fraction of sp³-hybridized carbons (Fsp3) is 0.600. The molecule has 102 valence electrons. The number of nitrogens with one attached hydrogen (secondary N) is 1. The Morgan fingerprint density at radius 3 is 2.44 bits per heavy atom. The standard InChI is InChI=1S/C15H25NO2/c1-4-16-11-14-5-7-15(8-6-14)18-10-9-17-12-13(2)3/h5-8,13,16H,4,9-12H2,1-3H3. The molecule has 0 aliphatic heterocycles. The Bertz CT molecular complexity index is 309. The summed E-state index contributed by atoms with van der Waals surface area (Å²) in [5.74, 6) is 1.48. The molecule has 1 aromatic rings. The quantitative estimate of drug-likeness (QED) is 0.685. The van der Waals surface area contributed by atoms with Gasteiger partial charge in [0.1, 0.15) is 12.4 Å². The Morgan fingerprint density at radius 1 is 1.11 bits per heavy atom. The van der Waals surface area contributed by atoms with E-state index in [2.05, 4.69) is 38.2 Å². The van der Waals surface area contributed by atoms with Crippen molar-refractivity contribution in [1.29, 1.82) is 0 Å². The first-order valence-electron chi connectivity index (χ1n) is 6.72. The number of ether oxygens (including phenoxy) is 2. The average molecular weight is 251 g/mol. The highest BCUT2D eigenvalue weighted by molar-refractivity contribution is 5.27. The molecule has 1 N–H and O–H groups in total. The summed E-state index contributed by atoms with van der Waals surface area (Å²) in [7, 11) is 0. The Hall–Kier alpha value is -1.06. The maximum Gasteiger partial charge on any atom is 0.119 e. The number of hydrogen-bond donors (Lipinski definition) is 1. The predicted octanol–water partition coefficient (Wildman–Crippen LogP) is 2.85. The van der Waals surface area contributed by atoms with Crippen LogP contribution in [0.2, 0.25) is 0 Å². The minimum atomic E-state index is 0.579. The largest absolute Gasteiger partial charge is 0.491 e. The summed E-state index contributed by atoms with van der Waals surface area (Å²) in [5.41, 5.74) is 1.28. The Morgan fingerprint density at radius 2 is 1.83 bits per heavy atom. The zero-order chi connectivity index (χ0) is 13.2. The van der Waals surface area contributed by atoms with E-state index < -0.39 is 0 Å². The normalized spacial score (nSPS) is 10.9. The van der Waals surface area contributed by atoms with E-state index in [-0.39, 0.29) is 0 Å². The van der Waals surface area contributed by atoms with Crippen molar-refractivity contribution < 1.29 is 9.47 Å². The minimum Gasteiger partial charge on any atom is -0.491 e. The molecule has 0 radical (unpaired) electrons. The summed E-state index contributed by atoms with van der Waals surface area (Å²) >= 11 is 0. The Kier molecular flexibility index (Phi) is 7.46. The molecule has 0 aliphatic rings. The molecule has 0 aliphatic carbocycles. The third kappa shape index (κ3) is 6.62. The molecule has 1 rings (SSSR count). The lowest BCUT2D eigenvalue weighted by Gasteiger charge is -2.09. The van der Waals surface area contributed by atoms with E-state index in [1.165, 1.54) is 5.56 Å². The van der Waals surface area contributed by atoms with E-state index in [4.69, 9.17) is 9.47 Å². The molecular weight excluding hydrogens is 226 g/mol. The van der Waals surface area contributed by atoms with Gasteiger partial charge in [-0.2, -0.15) is 0 Å². The summed E-state index contributed by atoms with van der Waals surface area (Å²) in [6.07, 6.45) is 0. The van der Waals surface area contributed by atoms with E-state index >= 15 is 0 Å². The number of rotatable bonds is 9. The fourth-order valence-electron chi connectivity index (χ4n) is 1.51. The van der Waals surface area contributed by atoms with Gasteiger partial charge in [0.15, 0.2) is 0 Å². The Balaban J connectivity index is 2.18. The van der Waals surface area contributed by atoms with Gasteiger partial charge in [0.2, 0.25) is 0 Å². The van der Waals surface area contributed by atoms with E-state index in [1.54, 1.807) is 0 Å². The molecular formula is C15H25NO2. The molecule has 0 atom stereocenters. The molecule has 18 heavy (non-hydrogen) atoms. The lowest BCUT2D eigenvalue weighted by atomic mass is 10.2. The minimum absolute atomic E-state index is 0.579. The van der Waals surface area contributed by atoms with Crippen LogP contribution in [0, 0.1) is 5.92 Å². The molecule has 0 saturated carbocycles. The van der Waals surface area contributed by atoms with Gasteiger partial charge in [-0.25, -0.2) is 0 Å². The monoisotopic (exact) mass is 251 g/mol. The first-order chi connectivity index (χ1) is 8.72. The van der Waals surface area contributed by atoms with Gasteiger partial charge in [0, 0.05) is 13.2 Å². The van der Waals surface area contributed by atoms with Crippen LogP contribution in [0.4, 0.5) is 0 Å². The molecule has 0 fully saturated rings. The van der Waals surface area contributed by atoms with Crippen molar-refractivity contribution in [1.82, 2.24) is 5.32 Å². The molecule has 0 unspecified atom stereocenters. The zero-order valence-electron chi connectivity index (χ0n) is 11.7. The Labute approximate surface area is 110 Å². The van der Waals surface area contributed by atoms with Crippen molar-refractivity contribution in [2.24, 2.45) is 5.92 Å². The van der Waals surface area contributed by atoms with Crippen molar-refractivity contribution in [3.63, 3.8) is 0 Å². The highest BCUT2D eigenvalue weighted by atomic mass is 16.5. The topological polar surface area (TPSA) is 30.5 Å². The summed E-state index contributed by atoms with van der Waals surface area (Å²) in [6.45, 7) is 10.4. The van der Waals surface area contributed by atoms with Crippen LogP contribution >= 0.6 is 0 Å². The van der Waals surface area contributed by atoms with Crippen molar-refractivity contribution in [2.75, 3.05) is 26.4 Å². The molecule has 0 bridgehead atoms. The van der Waals surface area contributed by atoms with Gasteiger partial charge < -0.3 is 14.8 Å². The van der Waals surface area contributed by atoms with Crippen LogP contribution in [-0.2, 0) is 11.3 Å². The molecule has 0 amide bonds. The second kappa shape index (κ2) is 8.95. The predicted molar refractivity (Wildman–Crippen MR) is 75.0 cm³/mol. The molecule has 0 aromatic heterocycles. The van der Waals surface area contributed by atoms with Crippen molar-refractivity contribution in [3.8, 4) is 5.75 Å². The summed E-state index contributed by atoms with van der Waals surface area (Å²) in [6, 6.07) is 8.20. The fourth-order valence-corrected chi connectivity index (χ4v) is 1.51. The van der Waals surface area contributed by atoms with Crippen LogP contribution in [0.15, 0.2) is 24.3 Å².